The minimum atomic E-state index is 0.885. The van der Waals surface area contributed by atoms with Crippen molar-refractivity contribution in [1.29, 1.82) is 0 Å². The van der Waals surface area contributed by atoms with Crippen molar-refractivity contribution in [2.24, 2.45) is 0 Å². The molecule has 3 aromatic rings. The van der Waals surface area contributed by atoms with Crippen LogP contribution in [0.2, 0.25) is 0 Å². The van der Waals surface area contributed by atoms with Gasteiger partial charge in [0, 0.05) is 11.4 Å². The molecule has 0 amide bonds. The van der Waals surface area contributed by atoms with Gasteiger partial charge >= 0.3 is 0 Å². The van der Waals surface area contributed by atoms with Crippen LogP contribution in [0.5, 0.6) is 5.75 Å². The highest BCUT2D eigenvalue weighted by Crippen LogP contribution is 2.25. The fourth-order valence-corrected chi connectivity index (χ4v) is 2.12. The van der Waals surface area contributed by atoms with Crippen LogP contribution in [0.15, 0.2) is 66.7 Å². The zero-order chi connectivity index (χ0) is 13.1. The van der Waals surface area contributed by atoms with Gasteiger partial charge in [-0.1, -0.05) is 30.3 Å². The lowest BCUT2D eigenvalue weighted by atomic mass is 10.1. The number of hydrogen-bond acceptors (Lipinski definition) is 2. The van der Waals surface area contributed by atoms with Gasteiger partial charge in [0.1, 0.15) is 5.75 Å². The highest BCUT2D eigenvalue weighted by Gasteiger charge is 1.99. The minimum absolute atomic E-state index is 0.885. The molecule has 0 saturated heterocycles. The fourth-order valence-electron chi connectivity index (χ4n) is 2.12. The lowest BCUT2D eigenvalue weighted by Crippen LogP contribution is -1.89. The Kier molecular flexibility index (Phi) is 3.07. The van der Waals surface area contributed by atoms with E-state index < -0.39 is 0 Å². The minimum Gasteiger partial charge on any atom is -0.497 e. The van der Waals surface area contributed by atoms with Crippen molar-refractivity contribution in [2.75, 3.05) is 12.4 Å². The van der Waals surface area contributed by atoms with Gasteiger partial charge in [-0.15, -0.1) is 0 Å². The first-order valence-corrected chi connectivity index (χ1v) is 6.25. The Hall–Kier alpha value is -2.48. The smallest absolute Gasteiger partial charge is 0.119 e. The Balaban J connectivity index is 1.94. The van der Waals surface area contributed by atoms with E-state index in [0.29, 0.717) is 0 Å². The third-order valence-corrected chi connectivity index (χ3v) is 3.11. The van der Waals surface area contributed by atoms with Crippen LogP contribution in [0.25, 0.3) is 10.8 Å². The molecule has 0 unspecified atom stereocenters. The molecule has 3 rings (SSSR count). The average molecular weight is 249 g/mol. The van der Waals surface area contributed by atoms with Crippen molar-refractivity contribution in [3.8, 4) is 5.75 Å². The van der Waals surface area contributed by atoms with E-state index in [-0.39, 0.29) is 0 Å². The summed E-state index contributed by atoms with van der Waals surface area (Å²) < 4.78 is 5.23. The molecule has 0 aliphatic rings. The Bertz CT molecular complexity index is 692. The standard InChI is InChI=1S/C17H15NO/c1-19-17-10-8-13-11-16(9-7-14(13)12-17)18-15-5-3-2-4-6-15/h2-12,18H,1H3. The summed E-state index contributed by atoms with van der Waals surface area (Å²) in [4.78, 5) is 0. The molecule has 0 radical (unpaired) electrons. The summed E-state index contributed by atoms with van der Waals surface area (Å²) in [5.74, 6) is 0.885. The molecule has 0 heterocycles. The highest BCUT2D eigenvalue weighted by atomic mass is 16.5. The number of para-hydroxylation sites is 1. The third-order valence-electron chi connectivity index (χ3n) is 3.11. The van der Waals surface area contributed by atoms with Crippen LogP contribution >= 0.6 is 0 Å². The second kappa shape index (κ2) is 5.02. The largest absolute Gasteiger partial charge is 0.497 e. The number of benzene rings is 3. The SMILES string of the molecule is COc1ccc2cc(Nc3ccccc3)ccc2c1. The Labute approximate surface area is 112 Å². The van der Waals surface area contributed by atoms with Crippen molar-refractivity contribution in [2.45, 2.75) is 0 Å². The highest BCUT2D eigenvalue weighted by molar-refractivity contribution is 5.87. The quantitative estimate of drug-likeness (QED) is 0.733. The van der Waals surface area contributed by atoms with Gasteiger partial charge in [-0.2, -0.15) is 0 Å². The number of nitrogens with one attached hydrogen (secondary N) is 1. The van der Waals surface area contributed by atoms with Gasteiger partial charge in [-0.05, 0) is 47.2 Å². The van der Waals surface area contributed by atoms with Crippen LogP contribution in [-0.2, 0) is 0 Å². The van der Waals surface area contributed by atoms with Crippen molar-refractivity contribution in [3.63, 3.8) is 0 Å². The number of hydrogen-bond donors (Lipinski definition) is 1. The van der Waals surface area contributed by atoms with Gasteiger partial charge in [0.15, 0.2) is 0 Å². The number of rotatable bonds is 3. The molecule has 0 bridgehead atoms. The Morgan fingerprint density at radius 2 is 1.47 bits per heavy atom. The molecule has 3 aromatic carbocycles. The summed E-state index contributed by atoms with van der Waals surface area (Å²) in [7, 11) is 1.69. The molecule has 0 spiro atoms. The van der Waals surface area contributed by atoms with Crippen molar-refractivity contribution >= 4 is 22.1 Å². The molecule has 19 heavy (non-hydrogen) atoms. The van der Waals surface area contributed by atoms with Crippen molar-refractivity contribution in [3.05, 3.63) is 66.7 Å². The number of methoxy groups -OCH3 is 1. The van der Waals surface area contributed by atoms with Crippen LogP contribution in [0.4, 0.5) is 11.4 Å². The summed E-state index contributed by atoms with van der Waals surface area (Å²) >= 11 is 0. The molecule has 1 N–H and O–H groups in total. The maximum atomic E-state index is 5.23. The van der Waals surface area contributed by atoms with Gasteiger partial charge in [0.05, 0.1) is 7.11 Å². The van der Waals surface area contributed by atoms with Crippen LogP contribution in [-0.4, -0.2) is 7.11 Å². The van der Waals surface area contributed by atoms with E-state index in [1.807, 2.05) is 30.3 Å². The van der Waals surface area contributed by atoms with Gasteiger partial charge in [-0.25, -0.2) is 0 Å². The predicted octanol–water partition coefficient (Wildman–Crippen LogP) is 4.59. The van der Waals surface area contributed by atoms with Crippen LogP contribution in [0.1, 0.15) is 0 Å². The van der Waals surface area contributed by atoms with E-state index in [1.54, 1.807) is 7.11 Å². The molecule has 2 heteroatoms. The Morgan fingerprint density at radius 3 is 2.26 bits per heavy atom. The molecule has 0 fully saturated rings. The molecule has 2 nitrogen and oxygen atoms in total. The topological polar surface area (TPSA) is 21.3 Å². The zero-order valence-electron chi connectivity index (χ0n) is 10.8. The molecule has 0 atom stereocenters. The van der Waals surface area contributed by atoms with E-state index in [4.69, 9.17) is 4.74 Å². The van der Waals surface area contributed by atoms with Gasteiger partial charge < -0.3 is 10.1 Å². The molecule has 0 aliphatic carbocycles. The number of anilines is 2. The normalized spacial score (nSPS) is 10.4. The summed E-state index contributed by atoms with van der Waals surface area (Å²) in [6.45, 7) is 0. The summed E-state index contributed by atoms with van der Waals surface area (Å²) in [5.41, 5.74) is 2.18. The van der Waals surface area contributed by atoms with Crippen molar-refractivity contribution < 1.29 is 4.74 Å². The number of ether oxygens (including phenoxy) is 1. The van der Waals surface area contributed by atoms with Crippen LogP contribution in [0, 0.1) is 0 Å². The van der Waals surface area contributed by atoms with Gasteiger partial charge in [0.2, 0.25) is 0 Å². The van der Waals surface area contributed by atoms with Gasteiger partial charge in [-0.3, -0.25) is 0 Å². The van der Waals surface area contributed by atoms with E-state index in [9.17, 15) is 0 Å². The van der Waals surface area contributed by atoms with E-state index >= 15 is 0 Å². The van der Waals surface area contributed by atoms with Crippen LogP contribution < -0.4 is 10.1 Å². The van der Waals surface area contributed by atoms with E-state index in [0.717, 1.165) is 17.1 Å². The van der Waals surface area contributed by atoms with E-state index in [2.05, 4.69) is 41.7 Å². The van der Waals surface area contributed by atoms with E-state index in [1.165, 1.54) is 10.8 Å². The molecular weight excluding hydrogens is 234 g/mol. The number of fused-ring (bicyclic) bond motifs is 1. The average Bonchev–Trinajstić information content (AvgIpc) is 2.48. The summed E-state index contributed by atoms with van der Waals surface area (Å²) in [6.07, 6.45) is 0. The maximum Gasteiger partial charge on any atom is 0.119 e. The molecule has 0 aromatic heterocycles. The second-order valence-electron chi connectivity index (χ2n) is 4.42. The monoisotopic (exact) mass is 249 g/mol. The zero-order valence-corrected chi connectivity index (χ0v) is 10.8. The van der Waals surface area contributed by atoms with Crippen molar-refractivity contribution in [1.82, 2.24) is 0 Å². The maximum absolute atomic E-state index is 5.23. The lowest BCUT2D eigenvalue weighted by molar-refractivity contribution is 0.415. The second-order valence-corrected chi connectivity index (χ2v) is 4.42. The first-order chi connectivity index (χ1) is 9.35. The first kappa shape index (κ1) is 11.6. The molecule has 0 saturated carbocycles. The fraction of sp³-hybridized carbons (Fsp3) is 0.0588. The Morgan fingerprint density at radius 1 is 0.737 bits per heavy atom. The summed E-state index contributed by atoms with van der Waals surface area (Å²) in [6, 6.07) is 22.6. The third kappa shape index (κ3) is 2.52. The lowest BCUT2D eigenvalue weighted by Gasteiger charge is -2.08. The predicted molar refractivity (Wildman–Crippen MR) is 80.2 cm³/mol. The molecule has 94 valence electrons. The van der Waals surface area contributed by atoms with Gasteiger partial charge in [0.25, 0.3) is 0 Å². The van der Waals surface area contributed by atoms with Crippen LogP contribution in [0.3, 0.4) is 0 Å². The first-order valence-electron chi connectivity index (χ1n) is 6.25. The molecule has 0 aliphatic heterocycles. The molecular formula is C17H15NO. The summed E-state index contributed by atoms with van der Waals surface area (Å²) in [5, 5.41) is 5.77.